The van der Waals surface area contributed by atoms with E-state index in [-0.39, 0.29) is 12.1 Å². The van der Waals surface area contributed by atoms with Crippen molar-refractivity contribution in [2.45, 2.75) is 50.2 Å². The van der Waals surface area contributed by atoms with Gasteiger partial charge in [-0.25, -0.2) is 14.8 Å². The maximum Gasteiger partial charge on any atom is 0.322 e. The van der Waals surface area contributed by atoms with Gasteiger partial charge in [0.2, 0.25) is 0 Å². The highest BCUT2D eigenvalue weighted by atomic mass is 16.4. The third-order valence-electron chi connectivity index (χ3n) is 4.87. The van der Waals surface area contributed by atoms with Crippen LogP contribution in [-0.4, -0.2) is 38.6 Å². The Morgan fingerprint density at radius 2 is 2.16 bits per heavy atom. The first kappa shape index (κ1) is 16.1. The van der Waals surface area contributed by atoms with E-state index in [1.165, 1.54) is 0 Å². The Labute approximate surface area is 146 Å². The molecule has 4 rings (SSSR count). The molecule has 2 aromatic rings. The summed E-state index contributed by atoms with van der Waals surface area (Å²) in [5.74, 6) is 1.89. The summed E-state index contributed by atoms with van der Waals surface area (Å²) in [6.45, 7) is 0.683. The monoisotopic (exact) mass is 342 g/mol. The number of aliphatic hydroxyl groups is 1. The van der Waals surface area contributed by atoms with Gasteiger partial charge in [-0.3, -0.25) is 0 Å². The molecule has 0 radical (unpaired) electrons. The summed E-state index contributed by atoms with van der Waals surface area (Å²) in [6, 6.07) is 3.33. The molecule has 2 fully saturated rings. The maximum atomic E-state index is 12.6. The summed E-state index contributed by atoms with van der Waals surface area (Å²) in [5.41, 5.74) is 0.603. The van der Waals surface area contributed by atoms with Crippen LogP contribution in [0, 0.1) is 0 Å². The summed E-state index contributed by atoms with van der Waals surface area (Å²) in [5, 5.41) is 13.1. The third-order valence-corrected chi connectivity index (χ3v) is 4.87. The number of aromatic nitrogens is 2. The third kappa shape index (κ3) is 3.66. The lowest BCUT2D eigenvalue weighted by atomic mass is 10.1. The first-order valence-electron chi connectivity index (χ1n) is 8.82. The first-order chi connectivity index (χ1) is 12.2. The number of anilines is 1. The standard InChI is InChI=1S/C18H22N4O3/c23-15(16-4-2-8-25-16)9-14-3-1-7-22(14)18(24)21-13-10-19-17(20-11-13)12-5-6-12/h2,4,8,10-12,14-15,23H,1,3,5-7,9H2,(H,21,24)/t14-,15+/m1/s1. The van der Waals surface area contributed by atoms with E-state index in [1.807, 2.05) is 0 Å². The van der Waals surface area contributed by atoms with Gasteiger partial charge in [0.15, 0.2) is 0 Å². The zero-order valence-electron chi connectivity index (χ0n) is 14.0. The van der Waals surface area contributed by atoms with E-state index in [0.717, 1.165) is 31.5 Å². The Hall–Kier alpha value is -2.41. The average Bonchev–Trinajstić information content (AvgIpc) is 3.12. The number of likely N-dealkylation sites (tertiary alicyclic amines) is 1. The second kappa shape index (κ2) is 6.84. The highest BCUT2D eigenvalue weighted by molar-refractivity contribution is 5.89. The topological polar surface area (TPSA) is 91.5 Å². The molecule has 2 N–H and O–H groups in total. The molecular formula is C18H22N4O3. The second-order valence-electron chi connectivity index (χ2n) is 6.79. The Morgan fingerprint density at radius 3 is 2.84 bits per heavy atom. The summed E-state index contributed by atoms with van der Waals surface area (Å²) in [4.78, 5) is 23.0. The van der Waals surface area contributed by atoms with E-state index in [2.05, 4.69) is 15.3 Å². The highest BCUT2D eigenvalue weighted by Crippen LogP contribution is 2.37. The average molecular weight is 342 g/mol. The minimum Gasteiger partial charge on any atom is -0.467 e. The van der Waals surface area contributed by atoms with Crippen LogP contribution in [0.5, 0.6) is 0 Å². The molecule has 2 atom stereocenters. The number of nitrogens with zero attached hydrogens (tertiary/aromatic N) is 3. The van der Waals surface area contributed by atoms with Crippen molar-refractivity contribution in [3.05, 3.63) is 42.4 Å². The molecule has 0 unspecified atom stereocenters. The Balaban J connectivity index is 1.36. The molecule has 2 amide bonds. The molecule has 1 saturated heterocycles. The number of furan rings is 1. The summed E-state index contributed by atoms with van der Waals surface area (Å²) in [6.07, 6.45) is 8.76. The molecule has 1 aliphatic heterocycles. The fourth-order valence-electron chi connectivity index (χ4n) is 3.35. The number of hydrogen-bond acceptors (Lipinski definition) is 5. The predicted octanol–water partition coefficient (Wildman–Crippen LogP) is 3.07. The lowest BCUT2D eigenvalue weighted by Gasteiger charge is -2.26. The molecule has 1 saturated carbocycles. The zero-order chi connectivity index (χ0) is 17.2. The van der Waals surface area contributed by atoms with Crippen molar-refractivity contribution >= 4 is 11.7 Å². The minimum atomic E-state index is -0.699. The summed E-state index contributed by atoms with van der Waals surface area (Å²) < 4.78 is 5.25. The van der Waals surface area contributed by atoms with Gasteiger partial charge >= 0.3 is 6.03 Å². The number of hydrogen-bond donors (Lipinski definition) is 2. The molecule has 0 spiro atoms. The van der Waals surface area contributed by atoms with E-state index >= 15 is 0 Å². The van der Waals surface area contributed by atoms with Gasteiger partial charge in [0.05, 0.1) is 24.3 Å². The van der Waals surface area contributed by atoms with Crippen molar-refractivity contribution in [3.8, 4) is 0 Å². The van der Waals surface area contributed by atoms with E-state index in [1.54, 1.807) is 35.7 Å². The molecule has 25 heavy (non-hydrogen) atoms. The van der Waals surface area contributed by atoms with Crippen molar-refractivity contribution in [2.24, 2.45) is 0 Å². The second-order valence-corrected chi connectivity index (χ2v) is 6.79. The van der Waals surface area contributed by atoms with Crippen molar-refractivity contribution in [2.75, 3.05) is 11.9 Å². The fourth-order valence-corrected chi connectivity index (χ4v) is 3.35. The van der Waals surface area contributed by atoms with Crippen LogP contribution in [0.4, 0.5) is 10.5 Å². The molecule has 0 aromatic carbocycles. The van der Waals surface area contributed by atoms with Gasteiger partial charge in [-0.1, -0.05) is 0 Å². The molecular weight excluding hydrogens is 320 g/mol. The summed E-state index contributed by atoms with van der Waals surface area (Å²) in [7, 11) is 0. The molecule has 1 aliphatic carbocycles. The molecule has 132 valence electrons. The van der Waals surface area contributed by atoms with Crippen molar-refractivity contribution in [1.29, 1.82) is 0 Å². The first-order valence-corrected chi connectivity index (χ1v) is 8.82. The number of nitrogens with one attached hydrogen (secondary N) is 1. The number of amides is 2. The Morgan fingerprint density at radius 1 is 1.36 bits per heavy atom. The van der Waals surface area contributed by atoms with Crippen molar-refractivity contribution in [1.82, 2.24) is 14.9 Å². The molecule has 3 heterocycles. The van der Waals surface area contributed by atoms with Crippen LogP contribution in [0.1, 0.15) is 55.7 Å². The number of rotatable bonds is 5. The number of carbonyl (C=O) groups excluding carboxylic acids is 1. The van der Waals surface area contributed by atoms with Gasteiger partial charge in [-0.05, 0) is 37.8 Å². The fraction of sp³-hybridized carbons (Fsp3) is 0.500. The number of urea groups is 1. The summed E-state index contributed by atoms with van der Waals surface area (Å²) >= 11 is 0. The van der Waals surface area contributed by atoms with Crippen LogP contribution in [-0.2, 0) is 0 Å². The Kier molecular flexibility index (Phi) is 4.40. The van der Waals surface area contributed by atoms with Gasteiger partial charge in [0.25, 0.3) is 0 Å². The maximum absolute atomic E-state index is 12.6. The lowest BCUT2D eigenvalue weighted by molar-refractivity contribution is 0.110. The van der Waals surface area contributed by atoms with Gasteiger partial charge in [0, 0.05) is 24.9 Å². The molecule has 7 nitrogen and oxygen atoms in total. The smallest absolute Gasteiger partial charge is 0.322 e. The van der Waals surface area contributed by atoms with Crippen LogP contribution in [0.2, 0.25) is 0 Å². The van der Waals surface area contributed by atoms with Crippen LogP contribution >= 0.6 is 0 Å². The van der Waals surface area contributed by atoms with Crippen molar-refractivity contribution in [3.63, 3.8) is 0 Å². The molecule has 0 bridgehead atoms. The van der Waals surface area contributed by atoms with Gasteiger partial charge in [-0.15, -0.1) is 0 Å². The highest BCUT2D eigenvalue weighted by Gasteiger charge is 2.31. The molecule has 2 aliphatic rings. The molecule has 7 heteroatoms. The van der Waals surface area contributed by atoms with Crippen LogP contribution in [0.25, 0.3) is 0 Å². The van der Waals surface area contributed by atoms with E-state index in [0.29, 0.717) is 30.3 Å². The van der Waals surface area contributed by atoms with E-state index < -0.39 is 6.10 Å². The largest absolute Gasteiger partial charge is 0.467 e. The minimum absolute atomic E-state index is 0.00763. The van der Waals surface area contributed by atoms with Gasteiger partial charge in [-0.2, -0.15) is 0 Å². The van der Waals surface area contributed by atoms with Gasteiger partial charge < -0.3 is 19.7 Å². The predicted molar refractivity (Wildman–Crippen MR) is 91.0 cm³/mol. The van der Waals surface area contributed by atoms with Crippen LogP contribution in [0.15, 0.2) is 35.2 Å². The van der Waals surface area contributed by atoms with E-state index in [4.69, 9.17) is 4.42 Å². The van der Waals surface area contributed by atoms with Crippen LogP contribution < -0.4 is 5.32 Å². The van der Waals surface area contributed by atoms with E-state index in [9.17, 15) is 9.90 Å². The van der Waals surface area contributed by atoms with Crippen LogP contribution in [0.3, 0.4) is 0 Å². The quantitative estimate of drug-likeness (QED) is 0.871. The number of aliphatic hydroxyl groups excluding tert-OH is 1. The van der Waals surface area contributed by atoms with Gasteiger partial charge in [0.1, 0.15) is 17.7 Å². The number of carbonyl (C=O) groups is 1. The Bertz CT molecular complexity index is 712. The zero-order valence-corrected chi connectivity index (χ0v) is 14.0. The molecule has 2 aromatic heterocycles. The normalized spacial score (nSPS) is 21.3. The lowest BCUT2D eigenvalue weighted by Crippen LogP contribution is -2.39. The van der Waals surface area contributed by atoms with Crippen molar-refractivity contribution < 1.29 is 14.3 Å². The SMILES string of the molecule is O=C(Nc1cnc(C2CC2)nc1)N1CCC[C@@H]1C[C@H](O)c1ccco1.